The van der Waals surface area contributed by atoms with Gasteiger partial charge in [-0.3, -0.25) is 4.79 Å². The first kappa shape index (κ1) is 25.6. The van der Waals surface area contributed by atoms with E-state index in [0.717, 1.165) is 5.56 Å². The van der Waals surface area contributed by atoms with Crippen LogP contribution in [-0.4, -0.2) is 86.7 Å². The number of likely N-dealkylation sites (N-methyl/N-ethyl adjacent to an activating group) is 1. The van der Waals surface area contributed by atoms with Crippen molar-refractivity contribution < 1.29 is 27.5 Å². The van der Waals surface area contributed by atoms with E-state index in [-0.39, 0.29) is 34.4 Å². The van der Waals surface area contributed by atoms with Gasteiger partial charge in [0.25, 0.3) is 5.91 Å². The lowest BCUT2D eigenvalue weighted by atomic mass is 9.78. The van der Waals surface area contributed by atoms with Crippen LogP contribution in [0.1, 0.15) is 48.7 Å². The van der Waals surface area contributed by atoms with Crippen LogP contribution in [0.3, 0.4) is 0 Å². The lowest BCUT2D eigenvalue weighted by molar-refractivity contribution is 0.0149. The summed E-state index contributed by atoms with van der Waals surface area (Å²) < 4.78 is 40.0. The molecule has 2 N–H and O–H groups in total. The molecule has 0 radical (unpaired) electrons. The van der Waals surface area contributed by atoms with Gasteiger partial charge < -0.3 is 24.1 Å². The van der Waals surface area contributed by atoms with Crippen molar-refractivity contribution in [3.63, 3.8) is 0 Å². The van der Waals surface area contributed by atoms with E-state index in [2.05, 4.69) is 9.71 Å². The molecule has 1 spiro atoms. The number of nitrogens with zero attached hydrogens (tertiary/aromatic N) is 3. The quantitative estimate of drug-likeness (QED) is 0.630. The van der Waals surface area contributed by atoms with E-state index in [4.69, 9.17) is 9.15 Å². The van der Waals surface area contributed by atoms with E-state index in [1.54, 1.807) is 23.1 Å². The van der Waals surface area contributed by atoms with Gasteiger partial charge in [0, 0.05) is 38.1 Å². The number of hydrogen-bond acceptors (Lipinski definition) is 8. The largest absolute Gasteiger partial charge is 0.492 e. The molecule has 0 aliphatic carbocycles. The van der Waals surface area contributed by atoms with E-state index >= 15 is 0 Å². The minimum atomic E-state index is -3.87. The number of β-amino-alcohol motifs (C(OH)–C–C–N with tert-alkyl or cyclic N) is 1. The van der Waals surface area contributed by atoms with Crippen molar-refractivity contribution in [2.75, 3.05) is 46.4 Å². The third-order valence-corrected chi connectivity index (χ3v) is 8.31. The summed E-state index contributed by atoms with van der Waals surface area (Å²) in [5.41, 5.74) is 0.651. The lowest BCUT2D eigenvalue weighted by Gasteiger charge is -2.43. The van der Waals surface area contributed by atoms with Gasteiger partial charge in [0.15, 0.2) is 6.39 Å². The first-order valence-electron chi connectivity index (χ1n) is 11.9. The van der Waals surface area contributed by atoms with Crippen molar-refractivity contribution in [2.45, 2.75) is 43.6 Å². The van der Waals surface area contributed by atoms with Gasteiger partial charge in [-0.2, -0.15) is 0 Å². The van der Waals surface area contributed by atoms with Crippen LogP contribution in [-0.2, 0) is 10.0 Å². The van der Waals surface area contributed by atoms with Crippen LogP contribution < -0.4 is 9.46 Å². The van der Waals surface area contributed by atoms with Gasteiger partial charge in [-0.25, -0.2) is 18.1 Å². The maximum atomic E-state index is 13.0. The van der Waals surface area contributed by atoms with Gasteiger partial charge in [-0.1, -0.05) is 19.9 Å². The zero-order chi connectivity index (χ0) is 25.2. The minimum Gasteiger partial charge on any atom is -0.492 e. The van der Waals surface area contributed by atoms with Crippen molar-refractivity contribution in [1.29, 1.82) is 0 Å². The summed E-state index contributed by atoms with van der Waals surface area (Å²) in [5, 5.41) is 10.5. The fraction of sp³-hybridized carbons (Fsp3) is 0.583. The Balaban J connectivity index is 1.62. The molecule has 11 heteroatoms. The van der Waals surface area contributed by atoms with E-state index in [1.165, 1.54) is 12.6 Å². The van der Waals surface area contributed by atoms with Crippen LogP contribution in [0.2, 0.25) is 0 Å². The number of carbonyl (C=O) groups excluding carboxylic acids is 1. The predicted octanol–water partition coefficient (Wildman–Crippen LogP) is 1.68. The fourth-order valence-electron chi connectivity index (χ4n) is 4.80. The predicted molar refractivity (Wildman–Crippen MR) is 129 cm³/mol. The van der Waals surface area contributed by atoms with E-state index in [9.17, 15) is 18.3 Å². The molecule has 1 saturated heterocycles. The molecular formula is C24H34N4O6S. The highest BCUT2D eigenvalue weighted by molar-refractivity contribution is 7.89. The van der Waals surface area contributed by atoms with Crippen molar-refractivity contribution >= 4 is 15.9 Å². The van der Waals surface area contributed by atoms with Crippen LogP contribution >= 0.6 is 0 Å². The van der Waals surface area contributed by atoms with Gasteiger partial charge >= 0.3 is 0 Å². The number of amides is 1. The van der Waals surface area contributed by atoms with Crippen LogP contribution in [0.25, 0.3) is 0 Å². The summed E-state index contributed by atoms with van der Waals surface area (Å²) >= 11 is 0. The average Bonchev–Trinajstić information content (AvgIpc) is 3.36. The van der Waals surface area contributed by atoms with Crippen LogP contribution in [0.15, 0.2) is 40.1 Å². The average molecular weight is 507 g/mol. The maximum Gasteiger partial charge on any atom is 0.291 e. The van der Waals surface area contributed by atoms with Crippen molar-refractivity contribution in [1.82, 2.24) is 19.5 Å². The second-order valence-electron chi connectivity index (χ2n) is 10.0. The zero-order valence-corrected chi connectivity index (χ0v) is 21.3. The van der Waals surface area contributed by atoms with Crippen LogP contribution in [0, 0.1) is 5.41 Å². The van der Waals surface area contributed by atoms with Crippen molar-refractivity contribution in [3.05, 3.63) is 42.1 Å². The van der Waals surface area contributed by atoms with Gasteiger partial charge in [-0.15, -0.1) is 0 Å². The second kappa shape index (κ2) is 10.3. The number of nitrogens with one attached hydrogen (secondary N) is 1. The fourth-order valence-corrected chi connectivity index (χ4v) is 6.00. The molecule has 10 nitrogen and oxygen atoms in total. The molecule has 0 bridgehead atoms. The van der Waals surface area contributed by atoms with E-state index in [0.29, 0.717) is 51.4 Å². The third-order valence-electron chi connectivity index (χ3n) is 6.85. The lowest BCUT2D eigenvalue weighted by Crippen LogP contribution is -2.51. The molecule has 1 unspecified atom stereocenters. The minimum absolute atomic E-state index is 0.0658. The molecule has 3 heterocycles. The number of oxazole rings is 1. The van der Waals surface area contributed by atoms with Crippen LogP contribution in [0.4, 0.5) is 0 Å². The molecule has 1 aromatic carbocycles. The molecule has 1 atom stereocenters. The molecule has 2 aromatic rings. The number of hydrogen-bond donors (Lipinski definition) is 2. The van der Waals surface area contributed by atoms with Crippen LogP contribution in [0.5, 0.6) is 5.75 Å². The smallest absolute Gasteiger partial charge is 0.291 e. The summed E-state index contributed by atoms with van der Waals surface area (Å²) in [5.74, 6) is 0.525. The van der Waals surface area contributed by atoms with Gasteiger partial charge in [0.05, 0.1) is 18.9 Å². The number of sulfonamides is 1. The normalized spacial score (nSPS) is 23.2. The maximum absolute atomic E-state index is 13.0. The highest BCUT2D eigenvalue weighted by Gasteiger charge is 2.39. The molecular weight excluding hydrogens is 472 g/mol. The Labute approximate surface area is 206 Å². The number of likely N-dealkylation sites (tertiary alicyclic amines) is 1. The summed E-state index contributed by atoms with van der Waals surface area (Å²) in [6.45, 7) is 6.25. The van der Waals surface area contributed by atoms with Gasteiger partial charge in [0.1, 0.15) is 10.6 Å². The summed E-state index contributed by atoms with van der Waals surface area (Å²) in [6.07, 6.45) is 3.12. The highest BCUT2D eigenvalue weighted by Crippen LogP contribution is 2.36. The number of aromatic nitrogens is 1. The number of piperidine rings is 1. The summed E-state index contributed by atoms with van der Waals surface area (Å²) in [6, 6.07) is 5.16. The van der Waals surface area contributed by atoms with E-state index < -0.39 is 16.1 Å². The first-order valence-corrected chi connectivity index (χ1v) is 13.4. The molecule has 1 aromatic heterocycles. The molecule has 35 heavy (non-hydrogen) atoms. The number of ether oxygens (including phenoxy) is 1. The molecule has 4 rings (SSSR count). The zero-order valence-electron chi connectivity index (χ0n) is 20.4. The number of carbonyl (C=O) groups is 1. The Morgan fingerprint density at radius 1 is 1.29 bits per heavy atom. The Morgan fingerprint density at radius 3 is 2.69 bits per heavy atom. The van der Waals surface area contributed by atoms with Crippen molar-refractivity contribution in [2.24, 2.45) is 5.41 Å². The number of benzene rings is 1. The molecule has 1 fully saturated rings. The number of rotatable bonds is 2. The van der Waals surface area contributed by atoms with Gasteiger partial charge in [-0.05, 0) is 43.5 Å². The van der Waals surface area contributed by atoms with E-state index in [1.807, 2.05) is 25.8 Å². The number of fused-ring (bicyclic) bond motifs is 1. The number of aliphatic hydroxyl groups is 1. The van der Waals surface area contributed by atoms with Crippen molar-refractivity contribution in [3.8, 4) is 5.75 Å². The van der Waals surface area contributed by atoms with Gasteiger partial charge in [0.2, 0.25) is 15.8 Å². The Bertz CT molecular complexity index is 1130. The monoisotopic (exact) mass is 506 g/mol. The molecule has 192 valence electrons. The molecule has 1 amide bonds. The standard InChI is InChI=1S/C24H34N4O6S/c1-17(2)18-4-5-22-20(10-18)33-15-24(14-27(3)13-19(29)11-26-35(22,31)32)6-8-28(9-7-24)23(30)21-12-25-16-34-21/h4-5,10,12,16-17,19,26,29H,6-9,11,13-15H2,1-3H3. The molecule has 0 saturated carbocycles. The SMILES string of the molecule is CC(C)c1ccc2c(c1)OCC1(CCN(C(=O)c3cnco3)CC1)CN(C)CC(O)CNS2(=O)=O. The second-order valence-corrected chi connectivity index (χ2v) is 11.7. The number of aliphatic hydroxyl groups excluding tert-OH is 1. The topological polar surface area (TPSA) is 125 Å². The Kier molecular flexibility index (Phi) is 7.51. The molecule has 2 aliphatic heterocycles. The Morgan fingerprint density at radius 2 is 2.03 bits per heavy atom. The highest BCUT2D eigenvalue weighted by atomic mass is 32.2. The third kappa shape index (κ3) is 5.85. The first-order chi connectivity index (χ1) is 16.6. The summed E-state index contributed by atoms with van der Waals surface area (Å²) in [7, 11) is -1.97. The Hall–Kier alpha value is -2.47. The summed E-state index contributed by atoms with van der Waals surface area (Å²) in [4.78, 5) is 20.4. The molecule has 2 aliphatic rings.